The molecular formula is C20H22N2O4. The van der Waals surface area contributed by atoms with Crippen LogP contribution in [0.3, 0.4) is 0 Å². The van der Waals surface area contributed by atoms with Crippen molar-refractivity contribution in [3.05, 3.63) is 59.7 Å². The highest BCUT2D eigenvalue weighted by molar-refractivity contribution is 5.81. The highest BCUT2D eigenvalue weighted by atomic mass is 16.7. The van der Waals surface area contributed by atoms with E-state index in [0.29, 0.717) is 19.7 Å². The number of fused-ring (bicyclic) bond motifs is 1. The Morgan fingerprint density at radius 3 is 2.81 bits per heavy atom. The zero-order valence-electron chi connectivity index (χ0n) is 14.5. The van der Waals surface area contributed by atoms with Gasteiger partial charge in [0.15, 0.2) is 11.5 Å². The van der Waals surface area contributed by atoms with Crippen molar-refractivity contribution >= 4 is 5.91 Å². The lowest BCUT2D eigenvalue weighted by Gasteiger charge is -2.32. The number of carbonyl (C=O) groups excluding carboxylic acids is 1. The van der Waals surface area contributed by atoms with Crippen LogP contribution in [-0.2, 0) is 22.6 Å². The number of nitrogens with one attached hydrogen (secondary N) is 1. The highest BCUT2D eigenvalue weighted by Crippen LogP contribution is 2.32. The van der Waals surface area contributed by atoms with Crippen molar-refractivity contribution in [2.45, 2.75) is 19.2 Å². The van der Waals surface area contributed by atoms with Crippen molar-refractivity contribution in [1.29, 1.82) is 0 Å². The summed E-state index contributed by atoms with van der Waals surface area (Å²) in [5, 5.41) is 2.96. The van der Waals surface area contributed by atoms with E-state index in [-0.39, 0.29) is 12.7 Å². The molecule has 1 fully saturated rings. The van der Waals surface area contributed by atoms with E-state index in [0.717, 1.165) is 30.2 Å². The smallest absolute Gasteiger partial charge is 0.250 e. The molecule has 6 heteroatoms. The Morgan fingerprint density at radius 1 is 1.08 bits per heavy atom. The molecule has 1 N–H and O–H groups in total. The average Bonchev–Trinajstić information content (AvgIpc) is 3.15. The van der Waals surface area contributed by atoms with Crippen LogP contribution in [0.4, 0.5) is 0 Å². The maximum absolute atomic E-state index is 12.5. The molecule has 1 amide bonds. The third-order valence-electron chi connectivity index (χ3n) is 4.60. The van der Waals surface area contributed by atoms with Crippen LogP contribution in [0.15, 0.2) is 48.5 Å². The molecule has 1 saturated heterocycles. The average molecular weight is 354 g/mol. The Bertz CT molecular complexity index is 766. The quantitative estimate of drug-likeness (QED) is 0.889. The van der Waals surface area contributed by atoms with Gasteiger partial charge in [-0.3, -0.25) is 9.69 Å². The molecule has 2 aromatic rings. The maximum atomic E-state index is 12.5. The van der Waals surface area contributed by atoms with Crippen LogP contribution >= 0.6 is 0 Å². The van der Waals surface area contributed by atoms with E-state index in [9.17, 15) is 4.79 Å². The van der Waals surface area contributed by atoms with Crippen LogP contribution in [0.1, 0.15) is 11.1 Å². The van der Waals surface area contributed by atoms with E-state index < -0.39 is 6.10 Å². The molecule has 0 aliphatic carbocycles. The molecule has 2 aromatic carbocycles. The number of benzene rings is 2. The minimum atomic E-state index is -0.443. The fourth-order valence-corrected chi connectivity index (χ4v) is 3.20. The summed E-state index contributed by atoms with van der Waals surface area (Å²) in [4.78, 5) is 14.7. The molecule has 0 spiro atoms. The van der Waals surface area contributed by atoms with E-state index in [1.807, 2.05) is 36.4 Å². The second-order valence-corrected chi connectivity index (χ2v) is 6.49. The van der Waals surface area contributed by atoms with Crippen LogP contribution in [0.2, 0.25) is 0 Å². The van der Waals surface area contributed by atoms with Gasteiger partial charge in [0.25, 0.3) is 5.91 Å². The topological polar surface area (TPSA) is 60.0 Å². The van der Waals surface area contributed by atoms with Gasteiger partial charge in [-0.05, 0) is 23.3 Å². The van der Waals surface area contributed by atoms with Crippen molar-refractivity contribution in [2.24, 2.45) is 0 Å². The van der Waals surface area contributed by atoms with Crippen molar-refractivity contribution < 1.29 is 19.0 Å². The number of morpholine rings is 1. The summed E-state index contributed by atoms with van der Waals surface area (Å²) in [6, 6.07) is 16.0. The van der Waals surface area contributed by atoms with Crippen LogP contribution < -0.4 is 14.8 Å². The van der Waals surface area contributed by atoms with Gasteiger partial charge in [0.1, 0.15) is 6.10 Å². The Balaban J connectivity index is 1.30. The van der Waals surface area contributed by atoms with Gasteiger partial charge >= 0.3 is 0 Å². The molecule has 1 atom stereocenters. The van der Waals surface area contributed by atoms with Crippen LogP contribution in [-0.4, -0.2) is 43.4 Å². The standard InChI is InChI=1S/C20H22N2O4/c23-20(21-11-16-6-7-17-18(10-16)26-14-25-17)19-13-22(8-9-24-19)12-15-4-2-1-3-5-15/h1-7,10,19H,8-9,11-14H2,(H,21,23). The van der Waals surface area contributed by atoms with Crippen LogP contribution in [0, 0.1) is 0 Å². The SMILES string of the molecule is O=C(NCc1ccc2c(c1)OCO2)C1CN(Cc2ccccc2)CCO1. The van der Waals surface area contributed by atoms with E-state index in [1.54, 1.807) is 0 Å². The van der Waals surface area contributed by atoms with Gasteiger partial charge in [0.2, 0.25) is 6.79 Å². The van der Waals surface area contributed by atoms with Gasteiger partial charge in [0.05, 0.1) is 6.61 Å². The Morgan fingerprint density at radius 2 is 1.92 bits per heavy atom. The van der Waals surface area contributed by atoms with Crippen LogP contribution in [0.25, 0.3) is 0 Å². The maximum Gasteiger partial charge on any atom is 0.250 e. The molecule has 26 heavy (non-hydrogen) atoms. The minimum Gasteiger partial charge on any atom is -0.454 e. The predicted molar refractivity (Wildman–Crippen MR) is 95.9 cm³/mol. The molecule has 0 saturated carbocycles. The third-order valence-corrected chi connectivity index (χ3v) is 4.60. The number of rotatable bonds is 5. The summed E-state index contributed by atoms with van der Waals surface area (Å²) in [7, 11) is 0. The first-order valence-electron chi connectivity index (χ1n) is 8.82. The number of hydrogen-bond donors (Lipinski definition) is 1. The fraction of sp³-hybridized carbons (Fsp3) is 0.350. The van der Waals surface area contributed by atoms with Crippen molar-refractivity contribution in [2.75, 3.05) is 26.5 Å². The Kier molecular flexibility index (Phi) is 5.04. The molecule has 2 aliphatic heterocycles. The number of carbonyl (C=O) groups is 1. The predicted octanol–water partition coefficient (Wildman–Crippen LogP) is 1.93. The van der Waals surface area contributed by atoms with Gasteiger partial charge < -0.3 is 19.5 Å². The summed E-state index contributed by atoms with van der Waals surface area (Å²) < 4.78 is 16.3. The largest absolute Gasteiger partial charge is 0.454 e. The van der Waals surface area contributed by atoms with Gasteiger partial charge in [-0.25, -0.2) is 0 Å². The first kappa shape index (κ1) is 16.9. The molecule has 4 rings (SSSR count). The Labute approximate surface area is 152 Å². The molecule has 0 aromatic heterocycles. The molecule has 0 bridgehead atoms. The normalized spacial score (nSPS) is 19.3. The van der Waals surface area contributed by atoms with Gasteiger partial charge in [-0.1, -0.05) is 36.4 Å². The summed E-state index contributed by atoms with van der Waals surface area (Å²) in [5.74, 6) is 1.38. The molecule has 2 aliphatic rings. The van der Waals surface area contributed by atoms with Crippen molar-refractivity contribution in [3.63, 3.8) is 0 Å². The van der Waals surface area contributed by atoms with E-state index in [4.69, 9.17) is 14.2 Å². The van der Waals surface area contributed by atoms with Gasteiger partial charge in [0, 0.05) is 26.2 Å². The summed E-state index contributed by atoms with van der Waals surface area (Å²) in [6.07, 6.45) is -0.443. The lowest BCUT2D eigenvalue weighted by atomic mass is 10.1. The van der Waals surface area contributed by atoms with E-state index in [2.05, 4.69) is 22.3 Å². The summed E-state index contributed by atoms with van der Waals surface area (Å²) >= 11 is 0. The molecule has 1 unspecified atom stereocenters. The zero-order chi connectivity index (χ0) is 17.8. The van der Waals surface area contributed by atoms with Crippen LogP contribution in [0.5, 0.6) is 11.5 Å². The number of amides is 1. The molecular weight excluding hydrogens is 332 g/mol. The molecule has 136 valence electrons. The Hall–Kier alpha value is -2.57. The minimum absolute atomic E-state index is 0.0829. The summed E-state index contributed by atoms with van der Waals surface area (Å²) in [6.45, 7) is 3.51. The molecule has 2 heterocycles. The van der Waals surface area contributed by atoms with Crippen molar-refractivity contribution in [3.8, 4) is 11.5 Å². The lowest BCUT2D eigenvalue weighted by Crippen LogP contribution is -2.49. The second kappa shape index (κ2) is 7.76. The first-order chi connectivity index (χ1) is 12.8. The zero-order valence-corrected chi connectivity index (χ0v) is 14.5. The monoisotopic (exact) mass is 354 g/mol. The second-order valence-electron chi connectivity index (χ2n) is 6.49. The fourth-order valence-electron chi connectivity index (χ4n) is 3.20. The highest BCUT2D eigenvalue weighted by Gasteiger charge is 2.26. The number of hydrogen-bond acceptors (Lipinski definition) is 5. The van der Waals surface area contributed by atoms with E-state index >= 15 is 0 Å². The van der Waals surface area contributed by atoms with E-state index in [1.165, 1.54) is 5.56 Å². The van der Waals surface area contributed by atoms with Gasteiger partial charge in [-0.15, -0.1) is 0 Å². The van der Waals surface area contributed by atoms with Gasteiger partial charge in [-0.2, -0.15) is 0 Å². The first-order valence-corrected chi connectivity index (χ1v) is 8.82. The number of nitrogens with zero attached hydrogens (tertiary/aromatic N) is 1. The third kappa shape index (κ3) is 3.98. The van der Waals surface area contributed by atoms with Crippen molar-refractivity contribution in [1.82, 2.24) is 10.2 Å². The number of ether oxygens (including phenoxy) is 3. The summed E-state index contributed by atoms with van der Waals surface area (Å²) in [5.41, 5.74) is 2.22. The molecule has 6 nitrogen and oxygen atoms in total. The lowest BCUT2D eigenvalue weighted by molar-refractivity contribution is -0.139. The molecule has 0 radical (unpaired) electrons.